The predicted octanol–water partition coefficient (Wildman–Crippen LogP) is 3.31. The minimum atomic E-state index is 0.0838. The molecule has 90 valence electrons. The molecular weight excluding hydrogens is 212 g/mol. The fraction of sp³-hybridized carbons (Fsp3) is 0.533. The Morgan fingerprint density at radius 2 is 2.06 bits per heavy atom. The topological polar surface area (TPSA) is 26.3 Å². The molecule has 1 aliphatic heterocycles. The third kappa shape index (κ3) is 2.08. The minimum Gasteiger partial charge on any atom is -0.493 e. The van der Waals surface area contributed by atoms with Gasteiger partial charge in [-0.25, -0.2) is 0 Å². The normalized spacial score (nSPS) is 23.4. The quantitative estimate of drug-likeness (QED) is 0.796. The monoisotopic (exact) mass is 230 g/mol. The lowest BCUT2D eigenvalue weighted by Gasteiger charge is -2.29. The van der Waals surface area contributed by atoms with Crippen LogP contribution in [0.15, 0.2) is 24.3 Å². The van der Waals surface area contributed by atoms with Gasteiger partial charge in [0, 0.05) is 17.9 Å². The van der Waals surface area contributed by atoms with Crippen molar-refractivity contribution < 1.29 is 9.53 Å². The molecule has 0 spiro atoms. The summed E-state index contributed by atoms with van der Waals surface area (Å²) in [5.41, 5.74) is 1.10. The van der Waals surface area contributed by atoms with Crippen LogP contribution in [0.2, 0.25) is 0 Å². The largest absolute Gasteiger partial charge is 0.493 e. The zero-order chi connectivity index (χ0) is 11.7. The molecule has 1 aromatic rings. The van der Waals surface area contributed by atoms with Crippen molar-refractivity contribution in [3.63, 3.8) is 0 Å². The number of hydrogen-bond acceptors (Lipinski definition) is 2. The average Bonchev–Trinajstić information content (AvgIpc) is 2.33. The van der Waals surface area contributed by atoms with Gasteiger partial charge in [-0.15, -0.1) is 0 Å². The Morgan fingerprint density at radius 1 is 1.24 bits per heavy atom. The first kappa shape index (κ1) is 10.8. The van der Waals surface area contributed by atoms with Gasteiger partial charge in [0.15, 0.2) is 0 Å². The van der Waals surface area contributed by atoms with E-state index >= 15 is 0 Å². The molecule has 2 aliphatic rings. The van der Waals surface area contributed by atoms with Crippen LogP contribution in [-0.4, -0.2) is 12.4 Å². The van der Waals surface area contributed by atoms with Crippen LogP contribution in [-0.2, 0) is 4.79 Å². The summed E-state index contributed by atoms with van der Waals surface area (Å²) < 4.78 is 5.60. The third-order valence-electron chi connectivity index (χ3n) is 4.06. The Labute approximate surface area is 102 Å². The van der Waals surface area contributed by atoms with Crippen LogP contribution < -0.4 is 4.74 Å². The summed E-state index contributed by atoms with van der Waals surface area (Å²) in [6.45, 7) is 0.679. The molecule has 1 aliphatic carbocycles. The summed E-state index contributed by atoms with van der Waals surface area (Å²) in [6, 6.07) is 7.98. The second-order valence-electron chi connectivity index (χ2n) is 5.19. The summed E-state index contributed by atoms with van der Waals surface area (Å²) in [5.74, 6) is 2.08. The maximum atomic E-state index is 12.3. The van der Waals surface area contributed by atoms with Gasteiger partial charge in [0.2, 0.25) is 0 Å². The fourth-order valence-corrected chi connectivity index (χ4v) is 2.80. The molecule has 1 fully saturated rings. The number of fused-ring (bicyclic) bond motifs is 1. The van der Waals surface area contributed by atoms with E-state index in [1.165, 1.54) is 19.3 Å². The summed E-state index contributed by atoms with van der Waals surface area (Å²) in [7, 11) is 0. The smallest absolute Gasteiger partial charge is 0.140 e. The molecule has 17 heavy (non-hydrogen) atoms. The van der Waals surface area contributed by atoms with Gasteiger partial charge in [0.05, 0.1) is 6.61 Å². The van der Waals surface area contributed by atoms with Crippen LogP contribution in [0.3, 0.4) is 0 Å². The van der Waals surface area contributed by atoms with E-state index < -0.39 is 0 Å². The number of para-hydroxylation sites is 1. The zero-order valence-corrected chi connectivity index (χ0v) is 10.0. The van der Waals surface area contributed by atoms with Gasteiger partial charge in [0.1, 0.15) is 11.5 Å². The van der Waals surface area contributed by atoms with E-state index in [1.807, 2.05) is 24.3 Å². The van der Waals surface area contributed by atoms with Crippen LogP contribution in [0.5, 0.6) is 5.75 Å². The molecule has 0 radical (unpaired) electrons. The van der Waals surface area contributed by atoms with Crippen molar-refractivity contribution in [1.82, 2.24) is 0 Å². The van der Waals surface area contributed by atoms with Gasteiger partial charge in [-0.1, -0.05) is 37.5 Å². The van der Waals surface area contributed by atoms with Crippen molar-refractivity contribution >= 4 is 5.78 Å². The molecule has 1 aromatic carbocycles. The number of carbonyl (C=O) groups excluding carboxylic acids is 1. The highest BCUT2D eigenvalue weighted by Crippen LogP contribution is 2.37. The van der Waals surface area contributed by atoms with E-state index in [0.717, 1.165) is 24.2 Å². The second-order valence-corrected chi connectivity index (χ2v) is 5.19. The SMILES string of the molecule is O=C(CC1CCC1)C1CCOc2ccccc21. The van der Waals surface area contributed by atoms with Crippen molar-refractivity contribution in [3.05, 3.63) is 29.8 Å². The minimum absolute atomic E-state index is 0.0838. The van der Waals surface area contributed by atoms with E-state index in [9.17, 15) is 4.79 Å². The first-order chi connectivity index (χ1) is 8.34. The molecule has 1 atom stereocenters. The standard InChI is InChI=1S/C15H18O2/c16-14(10-11-4-3-5-11)12-8-9-17-15-7-2-1-6-13(12)15/h1-2,6-7,11-12H,3-5,8-10H2. The predicted molar refractivity (Wildman–Crippen MR) is 66.3 cm³/mol. The number of carbonyl (C=O) groups is 1. The molecule has 0 aromatic heterocycles. The van der Waals surface area contributed by atoms with Crippen molar-refractivity contribution in [2.45, 2.75) is 38.0 Å². The lowest BCUT2D eigenvalue weighted by atomic mass is 9.78. The third-order valence-corrected chi connectivity index (χ3v) is 4.06. The zero-order valence-electron chi connectivity index (χ0n) is 10.0. The van der Waals surface area contributed by atoms with E-state index in [0.29, 0.717) is 18.3 Å². The molecule has 0 bridgehead atoms. The van der Waals surface area contributed by atoms with Gasteiger partial charge >= 0.3 is 0 Å². The van der Waals surface area contributed by atoms with Gasteiger partial charge in [-0.05, 0) is 18.4 Å². The summed E-state index contributed by atoms with van der Waals surface area (Å²) >= 11 is 0. The molecule has 1 heterocycles. The Balaban J connectivity index is 1.77. The Kier molecular flexibility index (Phi) is 2.87. The lowest BCUT2D eigenvalue weighted by molar-refractivity contribution is -0.122. The van der Waals surface area contributed by atoms with Gasteiger partial charge in [-0.3, -0.25) is 4.79 Å². The van der Waals surface area contributed by atoms with Gasteiger partial charge in [0.25, 0.3) is 0 Å². The number of benzene rings is 1. The number of hydrogen-bond donors (Lipinski definition) is 0. The molecule has 0 amide bonds. The number of ether oxygens (including phenoxy) is 1. The van der Waals surface area contributed by atoms with E-state index in [-0.39, 0.29) is 5.92 Å². The van der Waals surface area contributed by atoms with Crippen LogP contribution in [0.4, 0.5) is 0 Å². The van der Waals surface area contributed by atoms with Crippen molar-refractivity contribution in [3.8, 4) is 5.75 Å². The molecule has 0 saturated heterocycles. The van der Waals surface area contributed by atoms with Gasteiger partial charge < -0.3 is 4.74 Å². The fourth-order valence-electron chi connectivity index (χ4n) is 2.80. The van der Waals surface area contributed by atoms with E-state index in [2.05, 4.69) is 0 Å². The van der Waals surface area contributed by atoms with Crippen LogP contribution in [0, 0.1) is 5.92 Å². The molecule has 2 heteroatoms. The Bertz CT molecular complexity index is 421. The second kappa shape index (κ2) is 4.52. The first-order valence-electron chi connectivity index (χ1n) is 6.59. The molecular formula is C15H18O2. The average molecular weight is 230 g/mol. The molecule has 1 saturated carbocycles. The lowest BCUT2D eigenvalue weighted by Crippen LogP contribution is -2.25. The van der Waals surface area contributed by atoms with Gasteiger partial charge in [-0.2, -0.15) is 0 Å². The molecule has 1 unspecified atom stereocenters. The van der Waals surface area contributed by atoms with Crippen molar-refractivity contribution in [2.24, 2.45) is 5.92 Å². The van der Waals surface area contributed by atoms with Crippen LogP contribution in [0.1, 0.15) is 43.6 Å². The summed E-state index contributed by atoms with van der Waals surface area (Å²) in [4.78, 5) is 12.3. The number of Topliss-reactive ketones (excluding diaryl/α,β-unsaturated/α-hetero) is 1. The Hall–Kier alpha value is -1.31. The van der Waals surface area contributed by atoms with Crippen LogP contribution >= 0.6 is 0 Å². The highest BCUT2D eigenvalue weighted by molar-refractivity contribution is 5.87. The summed E-state index contributed by atoms with van der Waals surface area (Å²) in [6.07, 6.45) is 5.43. The van der Waals surface area contributed by atoms with Crippen molar-refractivity contribution in [2.75, 3.05) is 6.61 Å². The Morgan fingerprint density at radius 3 is 2.82 bits per heavy atom. The van der Waals surface area contributed by atoms with Crippen molar-refractivity contribution in [1.29, 1.82) is 0 Å². The summed E-state index contributed by atoms with van der Waals surface area (Å²) in [5, 5.41) is 0. The maximum absolute atomic E-state index is 12.3. The van der Waals surface area contributed by atoms with E-state index in [4.69, 9.17) is 4.74 Å². The number of rotatable bonds is 3. The first-order valence-corrected chi connectivity index (χ1v) is 6.59. The highest BCUT2D eigenvalue weighted by Gasteiger charge is 2.30. The molecule has 3 rings (SSSR count). The molecule has 2 nitrogen and oxygen atoms in total. The number of ketones is 1. The van der Waals surface area contributed by atoms with Crippen LogP contribution in [0.25, 0.3) is 0 Å². The highest BCUT2D eigenvalue weighted by atomic mass is 16.5. The molecule has 0 N–H and O–H groups in total. The maximum Gasteiger partial charge on any atom is 0.140 e. The van der Waals surface area contributed by atoms with E-state index in [1.54, 1.807) is 0 Å².